The predicted octanol–water partition coefficient (Wildman–Crippen LogP) is 5.18. The van der Waals surface area contributed by atoms with Crippen LogP contribution in [0.3, 0.4) is 0 Å². The third-order valence-corrected chi connectivity index (χ3v) is 8.56. The minimum atomic E-state index is -1.04. The van der Waals surface area contributed by atoms with Gasteiger partial charge < -0.3 is 29.2 Å². The Morgan fingerprint density at radius 2 is 1.40 bits per heavy atom. The van der Waals surface area contributed by atoms with Crippen molar-refractivity contribution < 1.29 is 34.0 Å². The largest absolute Gasteiger partial charge is 0.506 e. The number of unbranched alkanes of at least 4 members (excludes halogenated alkanes) is 4. The van der Waals surface area contributed by atoms with Gasteiger partial charge in [-0.3, -0.25) is 9.80 Å². The summed E-state index contributed by atoms with van der Waals surface area (Å²) in [5.74, 6) is -0.233. The van der Waals surface area contributed by atoms with Gasteiger partial charge in [-0.1, -0.05) is 44.4 Å². The molecule has 12 nitrogen and oxygen atoms in total. The summed E-state index contributed by atoms with van der Waals surface area (Å²) in [6, 6.07) is 10.6. The third-order valence-electron chi connectivity index (χ3n) is 7.94. The lowest BCUT2D eigenvalue weighted by Crippen LogP contribution is -2.36. The van der Waals surface area contributed by atoms with Gasteiger partial charge in [-0.2, -0.15) is 5.26 Å². The number of ether oxygens (including phenoxy) is 4. The third kappa shape index (κ3) is 15.9. The molecule has 0 spiro atoms. The van der Waals surface area contributed by atoms with E-state index in [-0.39, 0.29) is 17.5 Å². The number of thiocyanates is 1. The highest BCUT2D eigenvalue weighted by Gasteiger charge is 2.23. The summed E-state index contributed by atoms with van der Waals surface area (Å²) in [4.78, 5) is 25.2. The van der Waals surface area contributed by atoms with Crippen molar-refractivity contribution in [3.05, 3.63) is 65.8 Å². The van der Waals surface area contributed by atoms with E-state index in [1.165, 1.54) is 17.8 Å². The minimum Gasteiger partial charge on any atom is -0.506 e. The zero-order valence-electron chi connectivity index (χ0n) is 28.0. The van der Waals surface area contributed by atoms with Gasteiger partial charge in [0.05, 0.1) is 70.3 Å². The van der Waals surface area contributed by atoms with Gasteiger partial charge in [0, 0.05) is 38.5 Å². The highest BCUT2D eigenvalue weighted by Crippen LogP contribution is 2.26. The summed E-state index contributed by atoms with van der Waals surface area (Å²) in [6.45, 7) is 10.7. The van der Waals surface area contributed by atoms with Crippen LogP contribution in [-0.2, 0) is 25.5 Å². The number of thioether (sulfide) groups is 1. The molecule has 0 amide bonds. The van der Waals surface area contributed by atoms with Crippen LogP contribution >= 0.6 is 11.8 Å². The lowest BCUT2D eigenvalue weighted by atomic mass is 10.0. The number of nitriles is 1. The molecule has 3 rings (SSSR count). The van der Waals surface area contributed by atoms with Gasteiger partial charge in [0.15, 0.2) is 0 Å². The Morgan fingerprint density at radius 1 is 0.812 bits per heavy atom. The van der Waals surface area contributed by atoms with Gasteiger partial charge in [0.1, 0.15) is 22.5 Å². The number of carboxylic acids is 1. The van der Waals surface area contributed by atoms with Crippen molar-refractivity contribution in [2.75, 3.05) is 84.8 Å². The molecule has 0 aromatic carbocycles. The molecular formula is C35H51N5O7S. The Hall–Kier alpha value is -3.09. The number of carbonyl (C=O) groups is 1. The van der Waals surface area contributed by atoms with E-state index in [1.54, 1.807) is 12.1 Å². The second-order valence-electron chi connectivity index (χ2n) is 11.5. The fourth-order valence-electron chi connectivity index (χ4n) is 5.41. The second-order valence-corrected chi connectivity index (χ2v) is 12.4. The van der Waals surface area contributed by atoms with Crippen LogP contribution in [0, 0.1) is 10.7 Å². The van der Waals surface area contributed by atoms with Gasteiger partial charge in [-0.15, -0.1) is 0 Å². The van der Waals surface area contributed by atoms with Crippen molar-refractivity contribution in [2.24, 2.45) is 0 Å². The molecule has 1 atom stereocenters. The first kappa shape index (κ1) is 39.3. The molecule has 1 unspecified atom stereocenters. The lowest BCUT2D eigenvalue weighted by molar-refractivity contribution is 0.000263. The smallest absolute Gasteiger partial charge is 0.354 e. The van der Waals surface area contributed by atoms with Crippen molar-refractivity contribution in [1.29, 1.82) is 5.26 Å². The van der Waals surface area contributed by atoms with Crippen LogP contribution in [0.15, 0.2) is 43.0 Å². The van der Waals surface area contributed by atoms with E-state index in [4.69, 9.17) is 24.2 Å². The maximum absolute atomic E-state index is 11.7. The quantitative estimate of drug-likeness (QED) is 0.153. The van der Waals surface area contributed by atoms with Crippen LogP contribution < -0.4 is 0 Å². The average Bonchev–Trinajstić information content (AvgIpc) is 3.08. The molecule has 1 fully saturated rings. The van der Waals surface area contributed by atoms with E-state index in [0.29, 0.717) is 91.3 Å². The highest BCUT2D eigenvalue weighted by atomic mass is 32.2. The van der Waals surface area contributed by atoms with Gasteiger partial charge in [-0.25, -0.2) is 14.8 Å². The van der Waals surface area contributed by atoms with Crippen LogP contribution in [0.25, 0.3) is 5.76 Å². The summed E-state index contributed by atoms with van der Waals surface area (Å²) in [5, 5.41) is 30.2. The van der Waals surface area contributed by atoms with Crippen molar-refractivity contribution >= 4 is 23.5 Å². The summed E-state index contributed by atoms with van der Waals surface area (Å²) in [6.07, 6.45) is 6.08. The number of carboxylic acid groups (broad SMARTS) is 1. The number of hydrogen-bond donors (Lipinski definition) is 2. The van der Waals surface area contributed by atoms with E-state index in [9.17, 15) is 15.0 Å². The fraction of sp³-hybridized carbons (Fsp3) is 0.600. The normalized spacial score (nSPS) is 17.5. The topological polar surface area (TPSA) is 150 Å². The Bertz CT molecular complexity index is 1240. The maximum atomic E-state index is 11.7. The van der Waals surface area contributed by atoms with Crippen LogP contribution in [-0.4, -0.2) is 121 Å². The highest BCUT2D eigenvalue weighted by molar-refractivity contribution is 8.03. The van der Waals surface area contributed by atoms with Crippen LogP contribution in [0.2, 0.25) is 0 Å². The number of hydrogen-bond acceptors (Lipinski definition) is 12. The summed E-state index contributed by atoms with van der Waals surface area (Å²) >= 11 is 1.30. The van der Waals surface area contributed by atoms with Crippen molar-refractivity contribution in [3.8, 4) is 5.40 Å². The number of aliphatic hydroxyl groups excluding tert-OH is 1. The molecule has 0 aliphatic carbocycles. The maximum Gasteiger partial charge on any atom is 0.354 e. The molecular weight excluding hydrogens is 634 g/mol. The molecule has 1 aliphatic heterocycles. The number of aliphatic hydroxyl groups is 1. The first-order valence-corrected chi connectivity index (χ1v) is 17.8. The van der Waals surface area contributed by atoms with Crippen molar-refractivity contribution in [3.63, 3.8) is 0 Å². The number of aromatic nitrogens is 2. The zero-order valence-corrected chi connectivity index (χ0v) is 28.8. The molecule has 2 N–H and O–H groups in total. The van der Waals surface area contributed by atoms with Gasteiger partial charge in [-0.05, 0) is 48.9 Å². The summed E-state index contributed by atoms with van der Waals surface area (Å²) in [7, 11) is 0. The lowest BCUT2D eigenvalue weighted by Gasteiger charge is -2.32. The summed E-state index contributed by atoms with van der Waals surface area (Å²) in [5.41, 5.74) is 2.07. The molecule has 3 heterocycles. The van der Waals surface area contributed by atoms with Crippen LogP contribution in [0.5, 0.6) is 0 Å². The second kappa shape index (κ2) is 24.1. The molecule has 0 radical (unpaired) electrons. The number of pyridine rings is 2. The van der Waals surface area contributed by atoms with E-state index < -0.39 is 5.97 Å². The average molecular weight is 686 g/mol. The standard InChI is InChI=1S/C35H51N5O7S/c1-29(41)31-10-7-9-30(37-31)27-39-14-18-44-22-24-46-20-16-40(17-21-47-25-23-45-19-15-39)34(13-5-3-2-4-6-26-48-28-36)32-11-8-12-33(38-32)35(42)43/h7-12,34,41H,1-6,13-27H2,(H,42,43). The number of nitrogens with zero attached hydrogens (tertiary/aromatic N) is 5. The van der Waals surface area contributed by atoms with E-state index in [1.807, 2.05) is 18.2 Å². The molecule has 2 aromatic heterocycles. The predicted molar refractivity (Wildman–Crippen MR) is 186 cm³/mol. The SMILES string of the molecule is C=C(O)c1cccc(CN2CCOCCOCCN(C(CCCCCCCSC#N)c3cccc(C(=O)O)n3)CCOCCOCC2)n1. The monoisotopic (exact) mass is 685 g/mol. The van der Waals surface area contributed by atoms with Crippen LogP contribution in [0.1, 0.15) is 72.1 Å². The zero-order chi connectivity index (χ0) is 34.2. The Balaban J connectivity index is 1.57. The molecule has 1 aliphatic rings. The fourth-order valence-corrected chi connectivity index (χ4v) is 5.85. The Morgan fingerprint density at radius 3 is 2.02 bits per heavy atom. The van der Waals surface area contributed by atoms with Gasteiger partial charge in [0.2, 0.25) is 0 Å². The Kier molecular flexibility index (Phi) is 19.8. The van der Waals surface area contributed by atoms with E-state index >= 15 is 0 Å². The first-order valence-electron chi connectivity index (χ1n) is 16.8. The first-order chi connectivity index (χ1) is 23.5. The van der Waals surface area contributed by atoms with Gasteiger partial charge >= 0.3 is 5.97 Å². The number of rotatable bonds is 14. The molecule has 48 heavy (non-hydrogen) atoms. The molecule has 1 saturated heterocycles. The molecule has 2 aromatic rings. The molecule has 0 saturated carbocycles. The molecule has 13 heteroatoms. The molecule has 0 bridgehead atoms. The van der Waals surface area contributed by atoms with Gasteiger partial charge in [0.25, 0.3) is 0 Å². The molecule has 264 valence electrons. The summed E-state index contributed by atoms with van der Waals surface area (Å²) < 4.78 is 23.8. The van der Waals surface area contributed by atoms with Crippen molar-refractivity contribution in [1.82, 2.24) is 19.8 Å². The Labute approximate surface area is 289 Å². The number of aromatic carboxylic acids is 1. The van der Waals surface area contributed by atoms with Crippen LogP contribution in [0.4, 0.5) is 0 Å². The van der Waals surface area contributed by atoms with E-state index in [2.05, 4.69) is 31.7 Å². The van der Waals surface area contributed by atoms with Crippen molar-refractivity contribution in [2.45, 2.75) is 51.1 Å². The minimum absolute atomic E-state index is 0.0371. The van der Waals surface area contributed by atoms with E-state index in [0.717, 1.165) is 55.7 Å².